The summed E-state index contributed by atoms with van der Waals surface area (Å²) in [4.78, 5) is 0. The third-order valence-electron chi connectivity index (χ3n) is 6.04. The van der Waals surface area contributed by atoms with Crippen molar-refractivity contribution in [3.8, 4) is 0 Å². The van der Waals surface area contributed by atoms with E-state index in [-0.39, 0.29) is 5.54 Å². The molecule has 0 radical (unpaired) electrons. The minimum Gasteiger partial charge on any atom is -0.394 e. The molecule has 11 nitrogen and oxygen atoms in total. The Hall–Kier alpha value is -0.223. The van der Waals surface area contributed by atoms with E-state index in [1.165, 1.54) is 0 Å². The van der Waals surface area contributed by atoms with Crippen molar-refractivity contribution in [3.05, 3.63) is 0 Å². The first-order valence-corrected chi connectivity index (χ1v) is 14.5. The van der Waals surface area contributed by atoms with Crippen molar-refractivity contribution in [2.75, 3.05) is 114 Å². The predicted octanol–water partition coefficient (Wildman–Crippen LogP) is 1.14. The van der Waals surface area contributed by atoms with Crippen molar-refractivity contribution in [3.63, 3.8) is 0 Å². The zero-order valence-electron chi connectivity index (χ0n) is 22.8. The molecule has 1 fully saturated rings. The largest absolute Gasteiger partial charge is 0.394 e. The first-order chi connectivity index (χ1) is 17.6. The van der Waals surface area contributed by atoms with Crippen molar-refractivity contribution < 1.29 is 51.9 Å². The van der Waals surface area contributed by atoms with E-state index >= 15 is 0 Å². The molecule has 1 rings (SSSR count). The summed E-state index contributed by atoms with van der Waals surface area (Å²) in [6.07, 6.45) is 2.72. The Morgan fingerprint density at radius 1 is 0.639 bits per heavy atom. The summed E-state index contributed by atoms with van der Waals surface area (Å²) in [7, 11) is 4.49. The molecule has 1 unspecified atom stereocenters. The van der Waals surface area contributed by atoms with Gasteiger partial charge in [0.25, 0.3) is 0 Å². The molecule has 0 saturated heterocycles. The molecule has 1 N–H and O–H groups in total. The molecule has 1 atom stereocenters. The minimum absolute atomic E-state index is 0.134. The van der Waals surface area contributed by atoms with E-state index in [0.717, 1.165) is 12.8 Å². The Morgan fingerprint density at radius 2 is 1.08 bits per heavy atom. The summed E-state index contributed by atoms with van der Waals surface area (Å²) in [6, 6.07) is 0. The van der Waals surface area contributed by atoms with Crippen LogP contribution in [0.15, 0.2) is 0 Å². The van der Waals surface area contributed by atoms with Gasteiger partial charge in [0.1, 0.15) is 0 Å². The highest BCUT2D eigenvalue weighted by molar-refractivity contribution is 6.46. The van der Waals surface area contributed by atoms with Crippen LogP contribution in [-0.4, -0.2) is 135 Å². The van der Waals surface area contributed by atoms with Gasteiger partial charge in [0, 0.05) is 46.8 Å². The van der Waals surface area contributed by atoms with Crippen LogP contribution in [-0.2, 0) is 46.7 Å². The number of aliphatic hydroxyl groups is 1. The number of hydrogen-bond acceptors (Lipinski definition) is 11. The molecule has 0 heterocycles. The lowest BCUT2D eigenvalue weighted by molar-refractivity contribution is -0.230. The summed E-state index contributed by atoms with van der Waals surface area (Å²) < 4.78 is 55.4. The Labute approximate surface area is 218 Å². The van der Waals surface area contributed by atoms with Crippen molar-refractivity contribution in [1.29, 1.82) is 0 Å². The SMILES string of the molecule is COCCOCCO[SiH](OCCOCCOC)C(COC)C1CCC(O)(OCCOCCOC)CC1. The van der Waals surface area contributed by atoms with Crippen LogP contribution < -0.4 is 0 Å². The average Bonchev–Trinajstić information content (AvgIpc) is 2.88. The second-order valence-electron chi connectivity index (χ2n) is 8.68. The maximum Gasteiger partial charge on any atom is 0.327 e. The molecule has 0 bridgehead atoms. The summed E-state index contributed by atoms with van der Waals surface area (Å²) in [5, 5.41) is 10.9. The summed E-state index contributed by atoms with van der Waals surface area (Å²) >= 11 is 0. The number of methoxy groups -OCH3 is 4. The lowest BCUT2D eigenvalue weighted by Gasteiger charge is -2.40. The van der Waals surface area contributed by atoms with Gasteiger partial charge in [0.2, 0.25) is 0 Å². The maximum absolute atomic E-state index is 10.9. The van der Waals surface area contributed by atoms with Crippen LogP contribution >= 0.6 is 0 Å². The van der Waals surface area contributed by atoms with E-state index in [4.69, 9.17) is 46.7 Å². The second-order valence-corrected chi connectivity index (χ2v) is 10.9. The smallest absolute Gasteiger partial charge is 0.327 e. The Kier molecular flexibility index (Phi) is 21.3. The molecular formula is C24H50O11Si. The van der Waals surface area contributed by atoms with E-state index < -0.39 is 15.1 Å². The normalized spacial score (nSPS) is 21.3. The first kappa shape index (κ1) is 33.8. The molecule has 0 aromatic rings. The van der Waals surface area contributed by atoms with E-state index in [1.54, 1.807) is 28.4 Å². The molecule has 0 aromatic carbocycles. The maximum atomic E-state index is 10.9. The van der Waals surface area contributed by atoms with Gasteiger partial charge in [-0.05, 0) is 18.8 Å². The van der Waals surface area contributed by atoms with Crippen LogP contribution in [0.1, 0.15) is 25.7 Å². The standard InChI is InChI=1S/C24H50O11Si/c1-26-9-12-30-15-18-33-24(25)7-5-22(6-8-24)23(21-29-4)36(34-19-16-31-13-10-27-2)35-20-17-32-14-11-28-3/h22-23,25,36H,5-21H2,1-4H3. The van der Waals surface area contributed by atoms with Gasteiger partial charge < -0.3 is 51.9 Å². The third-order valence-corrected chi connectivity index (χ3v) is 8.60. The van der Waals surface area contributed by atoms with Gasteiger partial charge in [0.05, 0.1) is 85.9 Å². The van der Waals surface area contributed by atoms with E-state index in [1.807, 2.05) is 0 Å². The molecule has 216 valence electrons. The van der Waals surface area contributed by atoms with Gasteiger partial charge in [-0.15, -0.1) is 0 Å². The summed E-state index contributed by atoms with van der Waals surface area (Å²) in [5.41, 5.74) is 0.134. The van der Waals surface area contributed by atoms with Gasteiger partial charge in [0.15, 0.2) is 5.79 Å². The van der Waals surface area contributed by atoms with Crippen LogP contribution in [0.3, 0.4) is 0 Å². The zero-order chi connectivity index (χ0) is 26.3. The van der Waals surface area contributed by atoms with Crippen molar-refractivity contribution in [2.45, 2.75) is 37.0 Å². The van der Waals surface area contributed by atoms with Crippen molar-refractivity contribution in [2.24, 2.45) is 5.92 Å². The molecule has 12 heteroatoms. The monoisotopic (exact) mass is 542 g/mol. The zero-order valence-corrected chi connectivity index (χ0v) is 23.9. The van der Waals surface area contributed by atoms with Gasteiger partial charge in [-0.2, -0.15) is 0 Å². The highest BCUT2D eigenvalue weighted by atomic mass is 28.3. The highest BCUT2D eigenvalue weighted by Gasteiger charge is 2.41. The molecule has 1 saturated carbocycles. The van der Waals surface area contributed by atoms with Crippen LogP contribution in [0.4, 0.5) is 0 Å². The van der Waals surface area contributed by atoms with Gasteiger partial charge in [-0.3, -0.25) is 0 Å². The highest BCUT2D eigenvalue weighted by Crippen LogP contribution is 2.40. The molecule has 1 aliphatic rings. The van der Waals surface area contributed by atoms with Gasteiger partial charge >= 0.3 is 9.28 Å². The van der Waals surface area contributed by atoms with Crippen LogP contribution in [0.2, 0.25) is 5.54 Å². The second kappa shape index (κ2) is 22.7. The molecule has 0 amide bonds. The van der Waals surface area contributed by atoms with Gasteiger partial charge in [-0.25, -0.2) is 0 Å². The third kappa shape index (κ3) is 15.9. The van der Waals surface area contributed by atoms with Gasteiger partial charge in [-0.1, -0.05) is 0 Å². The molecule has 0 aromatic heterocycles. The number of hydrogen-bond donors (Lipinski definition) is 1. The summed E-state index contributed by atoms with van der Waals surface area (Å²) in [5.74, 6) is -0.811. The van der Waals surface area contributed by atoms with E-state index in [0.29, 0.717) is 105 Å². The van der Waals surface area contributed by atoms with Crippen LogP contribution in [0.5, 0.6) is 0 Å². The molecule has 0 aliphatic heterocycles. The van der Waals surface area contributed by atoms with E-state index in [2.05, 4.69) is 0 Å². The van der Waals surface area contributed by atoms with Crippen LogP contribution in [0.25, 0.3) is 0 Å². The lowest BCUT2D eigenvalue weighted by atomic mass is 9.83. The topological polar surface area (TPSA) is 113 Å². The Morgan fingerprint density at radius 3 is 1.53 bits per heavy atom. The van der Waals surface area contributed by atoms with Crippen molar-refractivity contribution >= 4 is 9.28 Å². The summed E-state index contributed by atoms with van der Waals surface area (Å²) in [6.45, 7) is 6.39. The molecule has 1 aliphatic carbocycles. The Balaban J connectivity index is 2.57. The first-order valence-electron chi connectivity index (χ1n) is 12.9. The molecule has 36 heavy (non-hydrogen) atoms. The Bertz CT molecular complexity index is 465. The van der Waals surface area contributed by atoms with E-state index in [9.17, 15) is 5.11 Å². The predicted molar refractivity (Wildman–Crippen MR) is 136 cm³/mol. The molecule has 0 spiro atoms. The van der Waals surface area contributed by atoms with Crippen molar-refractivity contribution in [1.82, 2.24) is 0 Å². The fourth-order valence-corrected chi connectivity index (χ4v) is 6.48. The lowest BCUT2D eigenvalue weighted by Crippen LogP contribution is -2.43. The minimum atomic E-state index is -2.14. The quantitative estimate of drug-likeness (QED) is 0.102. The molecular weight excluding hydrogens is 492 g/mol. The fraction of sp³-hybridized carbons (Fsp3) is 1.00. The average molecular weight is 543 g/mol. The van der Waals surface area contributed by atoms with Crippen LogP contribution in [0, 0.1) is 5.92 Å². The number of ether oxygens (including phenoxy) is 8. The fourth-order valence-electron chi connectivity index (χ4n) is 4.06. The number of rotatable bonds is 25.